The van der Waals surface area contributed by atoms with Gasteiger partial charge in [-0.05, 0) is 48.7 Å². The van der Waals surface area contributed by atoms with Crippen molar-refractivity contribution in [1.82, 2.24) is 0 Å². The summed E-state index contributed by atoms with van der Waals surface area (Å²) in [4.78, 5) is 11.2. The Labute approximate surface area is 89.7 Å². The van der Waals surface area contributed by atoms with E-state index in [9.17, 15) is 4.79 Å². The van der Waals surface area contributed by atoms with Crippen LogP contribution in [0.3, 0.4) is 0 Å². The van der Waals surface area contributed by atoms with E-state index in [2.05, 4.69) is 26.0 Å². The molecule has 0 aliphatic carbocycles. The number of benzene rings is 2. The molecule has 0 spiro atoms. The summed E-state index contributed by atoms with van der Waals surface area (Å²) in [5.41, 5.74) is 3.37. The molecular formula is C14H14O. The Morgan fingerprint density at radius 1 is 1.07 bits per heavy atom. The molecule has 0 N–H and O–H groups in total. The number of carbonyl (C=O) groups excluding carboxylic acids is 1. The first-order chi connectivity index (χ1) is 7.09. The molecule has 0 radical (unpaired) electrons. The highest BCUT2D eigenvalue weighted by atomic mass is 16.1. The van der Waals surface area contributed by atoms with Crippen LogP contribution in [0.2, 0.25) is 0 Å². The van der Waals surface area contributed by atoms with Gasteiger partial charge in [0.15, 0.2) is 5.78 Å². The molecule has 0 saturated carbocycles. The van der Waals surface area contributed by atoms with Crippen LogP contribution < -0.4 is 0 Å². The van der Waals surface area contributed by atoms with Gasteiger partial charge >= 0.3 is 0 Å². The van der Waals surface area contributed by atoms with Gasteiger partial charge < -0.3 is 0 Å². The predicted octanol–water partition coefficient (Wildman–Crippen LogP) is 3.66. The SMILES string of the molecule is CC(=O)c1ccc2c(C)c(C)ccc2c1. The standard InChI is InChI=1S/C14H14O/c1-9-4-5-13-8-12(11(3)15)6-7-14(13)10(9)2/h4-8H,1-3H3. The van der Waals surface area contributed by atoms with Gasteiger partial charge in [0, 0.05) is 5.56 Å². The monoisotopic (exact) mass is 198 g/mol. The zero-order valence-electron chi connectivity index (χ0n) is 9.29. The molecule has 0 aliphatic heterocycles. The summed E-state index contributed by atoms with van der Waals surface area (Å²) in [6.45, 7) is 5.82. The lowest BCUT2D eigenvalue weighted by Crippen LogP contribution is -1.92. The molecule has 0 atom stereocenters. The number of aryl methyl sites for hydroxylation is 2. The summed E-state index contributed by atoms with van der Waals surface area (Å²) in [7, 11) is 0. The lowest BCUT2D eigenvalue weighted by molar-refractivity contribution is 0.101. The molecule has 0 bridgehead atoms. The fourth-order valence-electron chi connectivity index (χ4n) is 1.81. The second kappa shape index (κ2) is 3.50. The Morgan fingerprint density at radius 3 is 2.47 bits per heavy atom. The third kappa shape index (κ3) is 1.65. The van der Waals surface area contributed by atoms with E-state index in [0.717, 1.165) is 10.9 Å². The van der Waals surface area contributed by atoms with Crippen molar-refractivity contribution >= 4 is 16.6 Å². The molecule has 2 aromatic rings. The van der Waals surface area contributed by atoms with Crippen molar-refractivity contribution in [1.29, 1.82) is 0 Å². The first-order valence-corrected chi connectivity index (χ1v) is 5.10. The van der Waals surface area contributed by atoms with Crippen LogP contribution in [0.25, 0.3) is 10.8 Å². The Kier molecular flexibility index (Phi) is 2.31. The topological polar surface area (TPSA) is 17.1 Å². The second-order valence-electron chi connectivity index (χ2n) is 4.00. The summed E-state index contributed by atoms with van der Waals surface area (Å²) in [6, 6.07) is 10.1. The molecule has 0 saturated heterocycles. The van der Waals surface area contributed by atoms with Gasteiger partial charge in [-0.3, -0.25) is 4.79 Å². The minimum atomic E-state index is 0.120. The maximum Gasteiger partial charge on any atom is 0.159 e. The third-order valence-electron chi connectivity index (χ3n) is 2.97. The van der Waals surface area contributed by atoms with E-state index in [1.807, 2.05) is 18.2 Å². The Balaban J connectivity index is 2.75. The van der Waals surface area contributed by atoms with Crippen molar-refractivity contribution in [2.45, 2.75) is 20.8 Å². The fourth-order valence-corrected chi connectivity index (χ4v) is 1.81. The van der Waals surface area contributed by atoms with Crippen LogP contribution in [-0.4, -0.2) is 5.78 Å². The van der Waals surface area contributed by atoms with E-state index in [4.69, 9.17) is 0 Å². The molecule has 0 aliphatic rings. The molecule has 76 valence electrons. The summed E-state index contributed by atoms with van der Waals surface area (Å²) in [5.74, 6) is 0.120. The van der Waals surface area contributed by atoms with Crippen molar-refractivity contribution in [3.63, 3.8) is 0 Å². The van der Waals surface area contributed by atoms with Crippen molar-refractivity contribution in [3.05, 3.63) is 47.0 Å². The number of ketones is 1. The van der Waals surface area contributed by atoms with Crippen LogP contribution in [0, 0.1) is 13.8 Å². The van der Waals surface area contributed by atoms with Gasteiger partial charge in [-0.15, -0.1) is 0 Å². The van der Waals surface area contributed by atoms with E-state index in [-0.39, 0.29) is 5.78 Å². The Morgan fingerprint density at radius 2 is 1.80 bits per heavy atom. The van der Waals surface area contributed by atoms with E-state index in [1.54, 1.807) is 6.92 Å². The first kappa shape index (κ1) is 9.91. The highest BCUT2D eigenvalue weighted by molar-refractivity contribution is 5.99. The fraction of sp³-hybridized carbons (Fsp3) is 0.214. The van der Waals surface area contributed by atoms with Crippen molar-refractivity contribution in [2.75, 3.05) is 0 Å². The molecule has 2 rings (SSSR count). The number of carbonyl (C=O) groups is 1. The molecule has 0 fully saturated rings. The molecule has 1 heteroatoms. The molecule has 0 unspecified atom stereocenters. The van der Waals surface area contributed by atoms with Crippen molar-refractivity contribution in [3.8, 4) is 0 Å². The highest BCUT2D eigenvalue weighted by Crippen LogP contribution is 2.22. The number of hydrogen-bond acceptors (Lipinski definition) is 1. The smallest absolute Gasteiger partial charge is 0.159 e. The molecule has 0 aromatic heterocycles. The molecule has 2 aromatic carbocycles. The predicted molar refractivity (Wildman–Crippen MR) is 63.4 cm³/mol. The van der Waals surface area contributed by atoms with Crippen LogP contribution in [0.15, 0.2) is 30.3 Å². The Hall–Kier alpha value is -1.63. The minimum absolute atomic E-state index is 0.120. The van der Waals surface area contributed by atoms with Crippen molar-refractivity contribution < 1.29 is 4.79 Å². The maximum absolute atomic E-state index is 11.2. The van der Waals surface area contributed by atoms with Crippen molar-refractivity contribution in [2.24, 2.45) is 0 Å². The number of Topliss-reactive ketones (excluding diaryl/α,β-unsaturated/α-hetero) is 1. The first-order valence-electron chi connectivity index (χ1n) is 5.10. The van der Waals surface area contributed by atoms with Crippen LogP contribution >= 0.6 is 0 Å². The molecule has 0 amide bonds. The minimum Gasteiger partial charge on any atom is -0.295 e. The van der Waals surface area contributed by atoms with Gasteiger partial charge in [-0.25, -0.2) is 0 Å². The van der Waals surface area contributed by atoms with Crippen LogP contribution in [0.4, 0.5) is 0 Å². The average Bonchev–Trinajstić information content (AvgIpc) is 2.23. The molecule has 0 heterocycles. The van der Waals surface area contributed by atoms with E-state index >= 15 is 0 Å². The third-order valence-corrected chi connectivity index (χ3v) is 2.97. The summed E-state index contributed by atoms with van der Waals surface area (Å²) >= 11 is 0. The van der Waals surface area contributed by atoms with Gasteiger partial charge in [0.25, 0.3) is 0 Å². The largest absolute Gasteiger partial charge is 0.295 e. The van der Waals surface area contributed by atoms with Crippen LogP contribution in [-0.2, 0) is 0 Å². The zero-order valence-corrected chi connectivity index (χ0v) is 9.29. The number of fused-ring (bicyclic) bond motifs is 1. The molecule has 15 heavy (non-hydrogen) atoms. The number of rotatable bonds is 1. The number of hydrogen-bond donors (Lipinski definition) is 0. The zero-order chi connectivity index (χ0) is 11.0. The van der Waals surface area contributed by atoms with Gasteiger partial charge in [-0.1, -0.05) is 24.3 Å². The Bertz CT molecular complexity index is 538. The summed E-state index contributed by atoms with van der Waals surface area (Å²) in [6.07, 6.45) is 0. The average molecular weight is 198 g/mol. The lowest BCUT2D eigenvalue weighted by Gasteiger charge is -2.06. The van der Waals surface area contributed by atoms with Crippen LogP contribution in [0.5, 0.6) is 0 Å². The normalized spacial score (nSPS) is 10.6. The maximum atomic E-state index is 11.2. The van der Waals surface area contributed by atoms with Crippen LogP contribution in [0.1, 0.15) is 28.4 Å². The molecule has 1 nitrogen and oxygen atoms in total. The van der Waals surface area contributed by atoms with E-state index < -0.39 is 0 Å². The van der Waals surface area contributed by atoms with Gasteiger partial charge in [0.1, 0.15) is 0 Å². The van der Waals surface area contributed by atoms with Gasteiger partial charge in [-0.2, -0.15) is 0 Å². The molecular weight excluding hydrogens is 184 g/mol. The summed E-state index contributed by atoms with van der Waals surface area (Å²) in [5, 5.41) is 2.38. The highest BCUT2D eigenvalue weighted by Gasteiger charge is 2.03. The summed E-state index contributed by atoms with van der Waals surface area (Å²) < 4.78 is 0. The van der Waals surface area contributed by atoms with E-state index in [1.165, 1.54) is 16.5 Å². The second-order valence-corrected chi connectivity index (χ2v) is 4.00. The van der Waals surface area contributed by atoms with E-state index in [0.29, 0.717) is 0 Å². The van der Waals surface area contributed by atoms with Gasteiger partial charge in [0.2, 0.25) is 0 Å². The lowest BCUT2D eigenvalue weighted by atomic mass is 9.98. The van der Waals surface area contributed by atoms with Gasteiger partial charge in [0.05, 0.1) is 0 Å². The quantitative estimate of drug-likeness (QED) is 0.639.